The highest BCUT2D eigenvalue weighted by Crippen LogP contribution is 2.26. The summed E-state index contributed by atoms with van der Waals surface area (Å²) in [4.78, 5) is 4.54. The van der Waals surface area contributed by atoms with Crippen LogP contribution in [-0.2, 0) is 10.8 Å². The lowest BCUT2D eigenvalue weighted by Crippen LogP contribution is -2.21. The fraction of sp³-hybridized carbons (Fsp3) is 0.615. The molecule has 1 rings (SSSR count). The highest BCUT2D eigenvalue weighted by molar-refractivity contribution is 7.80. The first-order chi connectivity index (χ1) is 6.77. The topological polar surface area (TPSA) is 12.9 Å². The molecule has 0 saturated carbocycles. The number of hydrogen-bond acceptors (Lipinski definition) is 2. The summed E-state index contributed by atoms with van der Waals surface area (Å²) in [5, 5.41) is 0. The van der Waals surface area contributed by atoms with E-state index in [4.69, 9.17) is 0 Å². The Bertz CT molecular complexity index is 319. The third kappa shape index (κ3) is 2.97. The van der Waals surface area contributed by atoms with Crippen LogP contribution in [0.1, 0.15) is 45.9 Å². The molecule has 0 N–H and O–H groups in total. The molecule has 1 nitrogen and oxygen atoms in total. The number of nitrogens with zero attached hydrogens (tertiary/aromatic N) is 1. The van der Waals surface area contributed by atoms with Crippen LogP contribution in [0.4, 0.5) is 0 Å². The first kappa shape index (κ1) is 12.6. The molecule has 0 aliphatic heterocycles. The van der Waals surface area contributed by atoms with Crippen molar-refractivity contribution in [3.63, 3.8) is 0 Å². The predicted molar refractivity (Wildman–Crippen MR) is 69.8 cm³/mol. The standard InChI is InChI=1S/C13H21NS/c1-12(2,3)10-6-7-11(14-8-10)13(4,5)9-15/h6-8,15H,9H2,1-5H3. The maximum atomic E-state index is 4.54. The maximum Gasteiger partial charge on any atom is 0.0468 e. The third-order valence-corrected chi connectivity index (χ3v) is 3.51. The summed E-state index contributed by atoms with van der Waals surface area (Å²) < 4.78 is 0. The lowest BCUT2D eigenvalue weighted by molar-refractivity contribution is 0.564. The Balaban J connectivity index is 3.01. The van der Waals surface area contributed by atoms with Gasteiger partial charge in [0.1, 0.15) is 0 Å². The monoisotopic (exact) mass is 223 g/mol. The van der Waals surface area contributed by atoms with Crippen molar-refractivity contribution in [3.05, 3.63) is 29.6 Å². The van der Waals surface area contributed by atoms with Crippen LogP contribution in [0.15, 0.2) is 18.3 Å². The van der Waals surface area contributed by atoms with Gasteiger partial charge in [0.2, 0.25) is 0 Å². The van der Waals surface area contributed by atoms with E-state index in [-0.39, 0.29) is 10.8 Å². The lowest BCUT2D eigenvalue weighted by Gasteiger charge is -2.23. The predicted octanol–water partition coefficient (Wildman–Crippen LogP) is 3.59. The van der Waals surface area contributed by atoms with E-state index in [0.29, 0.717) is 0 Å². The smallest absolute Gasteiger partial charge is 0.0468 e. The van der Waals surface area contributed by atoms with Crippen LogP contribution in [-0.4, -0.2) is 10.7 Å². The summed E-state index contributed by atoms with van der Waals surface area (Å²) in [6.45, 7) is 10.9. The van der Waals surface area contributed by atoms with Crippen molar-refractivity contribution >= 4 is 12.6 Å². The molecule has 0 bridgehead atoms. The van der Waals surface area contributed by atoms with Gasteiger partial charge in [0.25, 0.3) is 0 Å². The van der Waals surface area contributed by atoms with Gasteiger partial charge in [-0.2, -0.15) is 12.6 Å². The van der Waals surface area contributed by atoms with Gasteiger partial charge < -0.3 is 0 Å². The lowest BCUT2D eigenvalue weighted by atomic mass is 9.86. The van der Waals surface area contributed by atoms with Gasteiger partial charge in [-0.3, -0.25) is 4.98 Å². The molecule has 0 amide bonds. The average Bonchev–Trinajstić information content (AvgIpc) is 2.17. The van der Waals surface area contributed by atoms with E-state index in [2.05, 4.69) is 64.4 Å². The van der Waals surface area contributed by atoms with Crippen LogP contribution in [0.3, 0.4) is 0 Å². The second-order valence-electron chi connectivity index (χ2n) is 5.72. The van der Waals surface area contributed by atoms with E-state index in [1.807, 2.05) is 6.20 Å². The highest BCUT2D eigenvalue weighted by atomic mass is 32.1. The fourth-order valence-corrected chi connectivity index (χ4v) is 1.48. The first-order valence-electron chi connectivity index (χ1n) is 5.35. The molecule has 0 aromatic carbocycles. The fourth-order valence-electron chi connectivity index (χ4n) is 1.32. The molecule has 0 spiro atoms. The summed E-state index contributed by atoms with van der Waals surface area (Å²) in [6, 6.07) is 4.30. The van der Waals surface area contributed by atoms with Crippen LogP contribution in [0.2, 0.25) is 0 Å². The Kier molecular flexibility index (Phi) is 3.49. The summed E-state index contributed by atoms with van der Waals surface area (Å²) in [6.07, 6.45) is 1.99. The second-order valence-corrected chi connectivity index (χ2v) is 6.04. The van der Waals surface area contributed by atoms with Crippen LogP contribution >= 0.6 is 12.6 Å². The SMILES string of the molecule is CC(C)(C)c1ccc(C(C)(C)CS)nc1. The normalized spacial score (nSPS) is 12.9. The van der Waals surface area contributed by atoms with Gasteiger partial charge in [0.15, 0.2) is 0 Å². The molecule has 15 heavy (non-hydrogen) atoms. The van der Waals surface area contributed by atoms with Gasteiger partial charge in [-0.25, -0.2) is 0 Å². The van der Waals surface area contributed by atoms with Crippen molar-refractivity contribution in [3.8, 4) is 0 Å². The summed E-state index contributed by atoms with van der Waals surface area (Å²) >= 11 is 4.36. The molecule has 1 heterocycles. The molecular formula is C13H21NS. The molecule has 1 aromatic heterocycles. The molecule has 0 unspecified atom stereocenters. The molecular weight excluding hydrogens is 202 g/mol. The zero-order valence-electron chi connectivity index (χ0n) is 10.3. The Morgan fingerprint density at radius 2 is 1.73 bits per heavy atom. The van der Waals surface area contributed by atoms with Gasteiger partial charge in [-0.05, 0) is 17.0 Å². The Morgan fingerprint density at radius 3 is 2.07 bits per heavy atom. The number of rotatable bonds is 2. The van der Waals surface area contributed by atoms with E-state index in [1.165, 1.54) is 5.56 Å². The number of aromatic nitrogens is 1. The van der Waals surface area contributed by atoms with E-state index < -0.39 is 0 Å². The Labute approximate surface area is 98.7 Å². The third-order valence-electron chi connectivity index (χ3n) is 2.72. The van der Waals surface area contributed by atoms with Gasteiger partial charge >= 0.3 is 0 Å². The molecule has 0 aliphatic carbocycles. The Morgan fingerprint density at radius 1 is 1.13 bits per heavy atom. The van der Waals surface area contributed by atoms with Gasteiger partial charge in [-0.1, -0.05) is 40.7 Å². The minimum absolute atomic E-state index is 0.0551. The molecule has 0 aliphatic rings. The largest absolute Gasteiger partial charge is 0.260 e. The highest BCUT2D eigenvalue weighted by Gasteiger charge is 2.21. The Hall–Kier alpha value is -0.500. The van der Waals surface area contributed by atoms with E-state index in [1.54, 1.807) is 0 Å². The van der Waals surface area contributed by atoms with Gasteiger partial charge in [-0.15, -0.1) is 0 Å². The number of pyridine rings is 1. The summed E-state index contributed by atoms with van der Waals surface area (Å²) in [5.41, 5.74) is 2.63. The molecule has 84 valence electrons. The van der Waals surface area contributed by atoms with Gasteiger partial charge in [0, 0.05) is 23.1 Å². The number of hydrogen-bond donors (Lipinski definition) is 1. The molecule has 0 saturated heterocycles. The van der Waals surface area contributed by atoms with E-state index in [9.17, 15) is 0 Å². The van der Waals surface area contributed by atoms with Crippen LogP contribution in [0.5, 0.6) is 0 Å². The molecule has 0 fully saturated rings. The number of thiol groups is 1. The van der Waals surface area contributed by atoms with Crippen molar-refractivity contribution < 1.29 is 0 Å². The maximum absolute atomic E-state index is 4.54. The molecule has 2 heteroatoms. The average molecular weight is 223 g/mol. The summed E-state index contributed by atoms with van der Waals surface area (Å²) in [7, 11) is 0. The van der Waals surface area contributed by atoms with Crippen LogP contribution < -0.4 is 0 Å². The van der Waals surface area contributed by atoms with Crippen molar-refractivity contribution in [1.29, 1.82) is 0 Å². The first-order valence-corrected chi connectivity index (χ1v) is 5.98. The zero-order valence-corrected chi connectivity index (χ0v) is 11.2. The minimum atomic E-state index is 0.0551. The van der Waals surface area contributed by atoms with Gasteiger partial charge in [0.05, 0.1) is 0 Å². The van der Waals surface area contributed by atoms with Crippen LogP contribution in [0.25, 0.3) is 0 Å². The van der Waals surface area contributed by atoms with Crippen molar-refractivity contribution in [2.24, 2.45) is 0 Å². The van der Waals surface area contributed by atoms with Crippen molar-refractivity contribution in [2.75, 3.05) is 5.75 Å². The van der Waals surface area contributed by atoms with Crippen molar-refractivity contribution in [1.82, 2.24) is 4.98 Å². The summed E-state index contributed by atoms with van der Waals surface area (Å²) in [5.74, 6) is 0.814. The zero-order chi connectivity index (χ0) is 11.7. The van der Waals surface area contributed by atoms with E-state index in [0.717, 1.165) is 11.4 Å². The van der Waals surface area contributed by atoms with E-state index >= 15 is 0 Å². The van der Waals surface area contributed by atoms with Crippen LogP contribution in [0, 0.1) is 0 Å². The second kappa shape index (κ2) is 4.17. The molecule has 0 radical (unpaired) electrons. The molecule has 0 atom stereocenters. The minimum Gasteiger partial charge on any atom is -0.260 e. The van der Waals surface area contributed by atoms with Crippen molar-refractivity contribution in [2.45, 2.75) is 45.4 Å². The quantitative estimate of drug-likeness (QED) is 0.756. The molecule has 1 aromatic rings.